The quantitative estimate of drug-likeness (QED) is 0.162. The van der Waals surface area contributed by atoms with Gasteiger partial charge in [-0.1, -0.05) is 40.2 Å². The highest BCUT2D eigenvalue weighted by Gasteiger charge is 2.21. The molecule has 158 valence electrons. The first-order chi connectivity index (χ1) is 15.3. The smallest absolute Gasteiger partial charge is 0.269 e. The summed E-state index contributed by atoms with van der Waals surface area (Å²) in [5.74, 6) is -1.18. The maximum atomic E-state index is 14.7. The number of pyridine rings is 1. The van der Waals surface area contributed by atoms with Crippen molar-refractivity contribution in [1.29, 1.82) is 0 Å². The van der Waals surface area contributed by atoms with E-state index in [4.69, 9.17) is 0 Å². The number of H-pyrrole nitrogens is 1. The van der Waals surface area contributed by atoms with E-state index in [1.54, 1.807) is 24.3 Å². The first-order valence-electron chi connectivity index (χ1n) is 9.42. The number of benzene rings is 3. The Kier molecular flexibility index (Phi) is 5.79. The summed E-state index contributed by atoms with van der Waals surface area (Å²) in [5, 5.41) is 11.3. The van der Waals surface area contributed by atoms with Crippen LogP contribution in [0.25, 0.3) is 28.1 Å². The van der Waals surface area contributed by atoms with Crippen molar-refractivity contribution < 1.29 is 14.1 Å². The van der Waals surface area contributed by atoms with Gasteiger partial charge in [0.2, 0.25) is 0 Å². The van der Waals surface area contributed by atoms with Gasteiger partial charge < -0.3 is 4.98 Å². The lowest BCUT2D eigenvalue weighted by Crippen LogP contribution is -2.19. The molecule has 0 radical (unpaired) electrons. The van der Waals surface area contributed by atoms with Crippen LogP contribution in [0.1, 0.15) is 15.9 Å². The van der Waals surface area contributed by atoms with Crippen LogP contribution in [0.2, 0.25) is 0 Å². The molecule has 32 heavy (non-hydrogen) atoms. The number of nitro benzene ring substituents is 1. The number of rotatable bonds is 5. The van der Waals surface area contributed by atoms with E-state index in [0.29, 0.717) is 20.9 Å². The number of non-ortho nitro benzene ring substituents is 1. The number of nitrogens with one attached hydrogen (secondary N) is 1. The number of nitrogens with zero attached hydrogens (tertiary/aromatic N) is 1. The van der Waals surface area contributed by atoms with Crippen LogP contribution in [0.15, 0.2) is 82.1 Å². The van der Waals surface area contributed by atoms with Crippen molar-refractivity contribution in [2.24, 2.45) is 0 Å². The molecule has 0 aliphatic heterocycles. The van der Waals surface area contributed by atoms with Gasteiger partial charge >= 0.3 is 0 Å². The summed E-state index contributed by atoms with van der Waals surface area (Å²) in [5.41, 5.74) is 0.418. The molecule has 0 fully saturated rings. The van der Waals surface area contributed by atoms with Gasteiger partial charge in [-0.3, -0.25) is 19.7 Å². The number of fused-ring (bicyclic) bond motifs is 1. The van der Waals surface area contributed by atoms with Gasteiger partial charge in [-0.2, -0.15) is 0 Å². The number of aromatic nitrogens is 1. The summed E-state index contributed by atoms with van der Waals surface area (Å²) in [6.07, 6.45) is 2.64. The van der Waals surface area contributed by atoms with Crippen molar-refractivity contribution in [2.75, 3.05) is 0 Å². The molecule has 0 unspecified atom stereocenters. The lowest BCUT2D eigenvalue weighted by atomic mass is 9.93. The molecule has 1 heterocycles. The molecule has 8 heteroatoms. The van der Waals surface area contributed by atoms with Crippen LogP contribution in [0, 0.1) is 15.9 Å². The molecule has 0 spiro atoms. The van der Waals surface area contributed by atoms with Gasteiger partial charge in [0, 0.05) is 38.6 Å². The SMILES string of the molecule is O=C(C=Cc1ccc([N+](=O)[O-])cc1)c1c(-c2ccccc2F)c2cc(Br)ccc2[nH]c1=O. The lowest BCUT2D eigenvalue weighted by Gasteiger charge is -2.12. The van der Waals surface area contributed by atoms with Gasteiger partial charge in [0.05, 0.1) is 10.5 Å². The van der Waals surface area contributed by atoms with E-state index in [-0.39, 0.29) is 22.4 Å². The molecule has 1 N–H and O–H groups in total. The Labute approximate surface area is 189 Å². The summed E-state index contributed by atoms with van der Waals surface area (Å²) >= 11 is 3.38. The molecule has 0 bridgehead atoms. The molecule has 6 nitrogen and oxygen atoms in total. The van der Waals surface area contributed by atoms with E-state index >= 15 is 0 Å². The number of hydrogen-bond donors (Lipinski definition) is 1. The van der Waals surface area contributed by atoms with Gasteiger partial charge in [-0.25, -0.2) is 4.39 Å². The number of aromatic amines is 1. The highest BCUT2D eigenvalue weighted by atomic mass is 79.9. The average Bonchev–Trinajstić information content (AvgIpc) is 2.77. The normalized spacial score (nSPS) is 11.2. The van der Waals surface area contributed by atoms with Crippen LogP contribution in [-0.2, 0) is 0 Å². The van der Waals surface area contributed by atoms with Crippen molar-refractivity contribution in [3.8, 4) is 11.1 Å². The van der Waals surface area contributed by atoms with Crippen LogP contribution in [0.5, 0.6) is 0 Å². The second-order valence-corrected chi connectivity index (χ2v) is 7.84. The third-order valence-corrected chi connectivity index (χ3v) is 5.39. The van der Waals surface area contributed by atoms with E-state index in [1.165, 1.54) is 54.6 Å². The Morgan fingerprint density at radius 2 is 1.78 bits per heavy atom. The van der Waals surface area contributed by atoms with Gasteiger partial charge in [0.15, 0.2) is 5.78 Å². The maximum Gasteiger partial charge on any atom is 0.269 e. The topological polar surface area (TPSA) is 93.1 Å². The second kappa shape index (κ2) is 8.68. The molecule has 0 saturated carbocycles. The summed E-state index contributed by atoms with van der Waals surface area (Å²) in [7, 11) is 0. The molecule has 0 aliphatic carbocycles. The Bertz CT molecular complexity index is 1460. The zero-order valence-corrected chi connectivity index (χ0v) is 17.9. The Morgan fingerprint density at radius 3 is 2.47 bits per heavy atom. The number of carbonyl (C=O) groups excluding carboxylic acids is 1. The van der Waals surface area contributed by atoms with Gasteiger partial charge in [-0.15, -0.1) is 0 Å². The van der Waals surface area contributed by atoms with Crippen LogP contribution in [0.3, 0.4) is 0 Å². The fraction of sp³-hybridized carbons (Fsp3) is 0. The number of allylic oxidation sites excluding steroid dienone is 1. The first-order valence-corrected chi connectivity index (χ1v) is 10.2. The van der Waals surface area contributed by atoms with Crippen molar-refractivity contribution >= 4 is 44.4 Å². The minimum Gasteiger partial charge on any atom is -0.321 e. The van der Waals surface area contributed by atoms with Crippen molar-refractivity contribution in [3.05, 3.63) is 115 Å². The van der Waals surface area contributed by atoms with Crippen molar-refractivity contribution in [3.63, 3.8) is 0 Å². The standard InChI is InChI=1S/C24H14BrFN2O4/c25-15-8-11-20-18(13-15)22(17-3-1-2-4-19(17)26)23(24(30)27-20)21(29)12-7-14-5-9-16(10-6-14)28(31)32/h1-13H,(H,27,30). The molecular weight excluding hydrogens is 479 g/mol. The molecular formula is C24H14BrFN2O4. The Balaban J connectivity index is 1.88. The highest BCUT2D eigenvalue weighted by molar-refractivity contribution is 9.10. The number of halogens is 2. The van der Waals surface area contributed by atoms with E-state index < -0.39 is 22.1 Å². The Morgan fingerprint density at radius 1 is 1.06 bits per heavy atom. The summed E-state index contributed by atoms with van der Waals surface area (Å²) in [6.45, 7) is 0. The minimum absolute atomic E-state index is 0.0770. The molecule has 0 atom stereocenters. The summed E-state index contributed by atoms with van der Waals surface area (Å²) in [6, 6.07) is 16.7. The van der Waals surface area contributed by atoms with Crippen LogP contribution < -0.4 is 5.56 Å². The van der Waals surface area contributed by atoms with Crippen LogP contribution in [-0.4, -0.2) is 15.7 Å². The first kappa shape index (κ1) is 21.3. The summed E-state index contributed by atoms with van der Waals surface area (Å²) in [4.78, 5) is 38.9. The third kappa shape index (κ3) is 4.13. The van der Waals surface area contributed by atoms with E-state index in [1.807, 2.05) is 0 Å². The van der Waals surface area contributed by atoms with Crippen LogP contribution >= 0.6 is 15.9 Å². The number of carbonyl (C=O) groups is 1. The molecule has 0 amide bonds. The third-order valence-electron chi connectivity index (χ3n) is 4.90. The molecule has 4 aromatic rings. The number of ketones is 1. The van der Waals surface area contributed by atoms with Crippen molar-refractivity contribution in [2.45, 2.75) is 0 Å². The molecule has 1 aromatic heterocycles. The largest absolute Gasteiger partial charge is 0.321 e. The maximum absolute atomic E-state index is 14.7. The summed E-state index contributed by atoms with van der Waals surface area (Å²) < 4.78 is 15.4. The molecule has 3 aromatic carbocycles. The monoisotopic (exact) mass is 492 g/mol. The fourth-order valence-corrected chi connectivity index (χ4v) is 3.77. The number of nitro groups is 1. The van der Waals surface area contributed by atoms with Gasteiger partial charge in [0.1, 0.15) is 5.82 Å². The zero-order chi connectivity index (χ0) is 22.8. The zero-order valence-electron chi connectivity index (χ0n) is 16.3. The Hall–Kier alpha value is -3.91. The molecule has 0 saturated heterocycles. The minimum atomic E-state index is -0.642. The number of hydrogen-bond acceptors (Lipinski definition) is 4. The molecule has 0 aliphatic rings. The van der Waals surface area contributed by atoms with Gasteiger partial charge in [0.25, 0.3) is 11.2 Å². The van der Waals surface area contributed by atoms with E-state index in [0.717, 1.165) is 0 Å². The predicted octanol–water partition coefficient (Wildman–Crippen LogP) is 5.90. The fourth-order valence-electron chi connectivity index (χ4n) is 3.41. The average molecular weight is 493 g/mol. The van der Waals surface area contributed by atoms with Gasteiger partial charge in [-0.05, 0) is 48.0 Å². The van der Waals surface area contributed by atoms with E-state index in [2.05, 4.69) is 20.9 Å². The predicted molar refractivity (Wildman–Crippen MR) is 124 cm³/mol. The van der Waals surface area contributed by atoms with Crippen LogP contribution in [0.4, 0.5) is 10.1 Å². The molecule has 4 rings (SSSR count). The highest BCUT2D eigenvalue weighted by Crippen LogP contribution is 2.33. The van der Waals surface area contributed by atoms with Crippen molar-refractivity contribution in [1.82, 2.24) is 4.98 Å². The second-order valence-electron chi connectivity index (χ2n) is 6.92. The van der Waals surface area contributed by atoms with E-state index in [9.17, 15) is 24.1 Å². The lowest BCUT2D eigenvalue weighted by molar-refractivity contribution is -0.384.